The number of nitrogen functional groups attached to an aromatic ring is 1. The number of nitrogens with zero attached hydrogens (tertiary/aromatic N) is 3. The average molecular weight is 209 g/mol. The van der Waals surface area contributed by atoms with Gasteiger partial charge in [0, 0.05) is 23.7 Å². The van der Waals surface area contributed by atoms with Gasteiger partial charge < -0.3 is 0 Å². The summed E-state index contributed by atoms with van der Waals surface area (Å²) in [6.07, 6.45) is 3.77. The fourth-order valence-corrected chi connectivity index (χ4v) is 1.77. The van der Waals surface area contributed by atoms with E-state index in [1.54, 1.807) is 6.20 Å². The molecular formula is C8H11N5S. The van der Waals surface area contributed by atoms with E-state index in [1.807, 2.05) is 23.2 Å². The summed E-state index contributed by atoms with van der Waals surface area (Å²) in [5.41, 5.74) is 4.44. The van der Waals surface area contributed by atoms with Crippen molar-refractivity contribution in [1.82, 2.24) is 14.8 Å². The monoisotopic (exact) mass is 209 g/mol. The summed E-state index contributed by atoms with van der Waals surface area (Å²) >= 11 is 1.48. The Morgan fingerprint density at radius 2 is 2.50 bits per heavy atom. The lowest BCUT2D eigenvalue weighted by Crippen LogP contribution is -2.05. The quantitative estimate of drug-likeness (QED) is 0.590. The molecule has 2 rings (SSSR count). The van der Waals surface area contributed by atoms with E-state index in [4.69, 9.17) is 5.84 Å². The topological polar surface area (TPSA) is 68.8 Å². The van der Waals surface area contributed by atoms with E-state index < -0.39 is 0 Å². The molecule has 5 nitrogen and oxygen atoms in total. The zero-order valence-corrected chi connectivity index (χ0v) is 8.58. The van der Waals surface area contributed by atoms with Crippen LogP contribution in [0.25, 0.3) is 11.3 Å². The molecule has 0 saturated carbocycles. The molecule has 6 heteroatoms. The molecule has 0 aliphatic carbocycles. The Balaban J connectivity index is 2.29. The van der Waals surface area contributed by atoms with Crippen LogP contribution in [0, 0.1) is 0 Å². The number of anilines is 1. The van der Waals surface area contributed by atoms with Crippen LogP contribution in [-0.4, -0.2) is 14.8 Å². The van der Waals surface area contributed by atoms with Crippen LogP contribution in [0.5, 0.6) is 0 Å². The second kappa shape index (κ2) is 3.77. The standard InChI is InChI=1S/C8H11N5S/c1-2-13-4-6(3-10-13)7-5-14-8(11-7)12-9/h3-5H,2,9H2,1H3,(H,11,12). The van der Waals surface area contributed by atoms with Crippen molar-refractivity contribution in [3.05, 3.63) is 17.8 Å². The molecule has 3 N–H and O–H groups in total. The third-order valence-corrected chi connectivity index (χ3v) is 2.65. The van der Waals surface area contributed by atoms with Gasteiger partial charge in [-0.1, -0.05) is 0 Å². The first-order valence-electron chi connectivity index (χ1n) is 4.28. The minimum absolute atomic E-state index is 0.712. The summed E-state index contributed by atoms with van der Waals surface area (Å²) < 4.78 is 1.87. The number of hydrazine groups is 1. The van der Waals surface area contributed by atoms with Gasteiger partial charge >= 0.3 is 0 Å². The molecule has 0 unspecified atom stereocenters. The molecule has 0 aromatic carbocycles. The Bertz CT molecular complexity index is 379. The lowest BCUT2D eigenvalue weighted by Gasteiger charge is -1.91. The van der Waals surface area contributed by atoms with E-state index >= 15 is 0 Å². The Morgan fingerprint density at radius 1 is 1.64 bits per heavy atom. The van der Waals surface area contributed by atoms with Crippen LogP contribution in [0.2, 0.25) is 0 Å². The van der Waals surface area contributed by atoms with E-state index in [2.05, 4.69) is 15.5 Å². The normalized spacial score (nSPS) is 10.4. The molecule has 0 amide bonds. The number of aromatic nitrogens is 3. The van der Waals surface area contributed by atoms with Gasteiger partial charge in [0.25, 0.3) is 0 Å². The molecule has 0 spiro atoms. The SMILES string of the molecule is CCn1cc(-c2csc(NN)n2)cn1. The second-order valence-corrected chi connectivity index (χ2v) is 3.63. The maximum absolute atomic E-state index is 5.25. The van der Waals surface area contributed by atoms with Gasteiger partial charge in [0.1, 0.15) is 0 Å². The Kier molecular flexibility index (Phi) is 2.47. The maximum atomic E-state index is 5.25. The summed E-state index contributed by atoms with van der Waals surface area (Å²) in [5, 5.41) is 6.84. The van der Waals surface area contributed by atoms with Crippen LogP contribution >= 0.6 is 11.3 Å². The third kappa shape index (κ3) is 1.61. The first-order valence-corrected chi connectivity index (χ1v) is 5.16. The molecule has 14 heavy (non-hydrogen) atoms. The highest BCUT2D eigenvalue weighted by Crippen LogP contribution is 2.23. The van der Waals surface area contributed by atoms with E-state index in [0.29, 0.717) is 5.13 Å². The second-order valence-electron chi connectivity index (χ2n) is 2.77. The van der Waals surface area contributed by atoms with Crippen LogP contribution < -0.4 is 11.3 Å². The van der Waals surface area contributed by atoms with E-state index in [9.17, 15) is 0 Å². The van der Waals surface area contributed by atoms with Gasteiger partial charge in [0.15, 0.2) is 5.13 Å². The van der Waals surface area contributed by atoms with Crippen molar-refractivity contribution in [1.29, 1.82) is 0 Å². The zero-order chi connectivity index (χ0) is 9.97. The van der Waals surface area contributed by atoms with Crippen LogP contribution in [0.15, 0.2) is 17.8 Å². The Morgan fingerprint density at radius 3 is 3.07 bits per heavy atom. The highest BCUT2D eigenvalue weighted by atomic mass is 32.1. The van der Waals surface area contributed by atoms with E-state index in [1.165, 1.54) is 11.3 Å². The fraction of sp³-hybridized carbons (Fsp3) is 0.250. The fourth-order valence-electron chi connectivity index (χ4n) is 1.14. The van der Waals surface area contributed by atoms with E-state index in [-0.39, 0.29) is 0 Å². The summed E-state index contributed by atoms with van der Waals surface area (Å²) in [4.78, 5) is 4.28. The molecule has 2 aromatic heterocycles. The number of aryl methyl sites for hydroxylation is 1. The average Bonchev–Trinajstić information content (AvgIpc) is 2.86. The minimum atomic E-state index is 0.712. The molecular weight excluding hydrogens is 198 g/mol. The first kappa shape index (κ1) is 9.17. The van der Waals surface area contributed by atoms with Gasteiger partial charge in [-0.2, -0.15) is 5.10 Å². The predicted molar refractivity (Wildman–Crippen MR) is 56.8 cm³/mol. The van der Waals surface area contributed by atoms with Crippen molar-refractivity contribution >= 4 is 16.5 Å². The molecule has 2 heterocycles. The van der Waals surface area contributed by atoms with Crippen LogP contribution in [-0.2, 0) is 6.54 Å². The first-order chi connectivity index (χ1) is 6.83. The molecule has 0 radical (unpaired) electrons. The summed E-state index contributed by atoms with van der Waals surface area (Å²) in [6, 6.07) is 0. The largest absolute Gasteiger partial charge is 0.300 e. The highest BCUT2D eigenvalue weighted by Gasteiger charge is 2.05. The maximum Gasteiger partial charge on any atom is 0.197 e. The Hall–Kier alpha value is -1.40. The summed E-state index contributed by atoms with van der Waals surface area (Å²) in [6.45, 7) is 2.91. The molecule has 2 aromatic rings. The van der Waals surface area contributed by atoms with Gasteiger partial charge in [-0.05, 0) is 6.92 Å². The minimum Gasteiger partial charge on any atom is -0.300 e. The van der Waals surface area contributed by atoms with Crippen LogP contribution in [0.3, 0.4) is 0 Å². The lowest BCUT2D eigenvalue weighted by molar-refractivity contribution is 0.660. The van der Waals surface area contributed by atoms with Crippen molar-refractivity contribution in [2.45, 2.75) is 13.5 Å². The molecule has 0 atom stereocenters. The molecule has 0 bridgehead atoms. The van der Waals surface area contributed by atoms with Crippen molar-refractivity contribution in [3.8, 4) is 11.3 Å². The number of rotatable bonds is 3. The number of nitrogens with one attached hydrogen (secondary N) is 1. The van der Waals surface area contributed by atoms with Crippen LogP contribution in [0.4, 0.5) is 5.13 Å². The van der Waals surface area contributed by atoms with Crippen molar-refractivity contribution in [2.75, 3.05) is 5.43 Å². The number of thiazole rings is 1. The van der Waals surface area contributed by atoms with Crippen LogP contribution in [0.1, 0.15) is 6.92 Å². The van der Waals surface area contributed by atoms with Crippen molar-refractivity contribution in [3.63, 3.8) is 0 Å². The van der Waals surface area contributed by atoms with Gasteiger partial charge in [-0.25, -0.2) is 10.8 Å². The van der Waals surface area contributed by atoms with E-state index in [0.717, 1.165) is 17.8 Å². The number of hydrogen-bond donors (Lipinski definition) is 2. The summed E-state index contributed by atoms with van der Waals surface area (Å²) in [5.74, 6) is 5.25. The number of hydrogen-bond acceptors (Lipinski definition) is 5. The zero-order valence-electron chi connectivity index (χ0n) is 7.77. The molecule has 0 fully saturated rings. The molecule has 0 aliphatic heterocycles. The Labute approximate surface area is 85.5 Å². The van der Waals surface area contributed by atoms with Gasteiger partial charge in [-0.3, -0.25) is 10.1 Å². The highest BCUT2D eigenvalue weighted by molar-refractivity contribution is 7.14. The van der Waals surface area contributed by atoms with Gasteiger partial charge in [-0.15, -0.1) is 11.3 Å². The molecule has 0 aliphatic rings. The molecule has 74 valence electrons. The lowest BCUT2D eigenvalue weighted by atomic mass is 10.3. The van der Waals surface area contributed by atoms with Gasteiger partial charge in [0.2, 0.25) is 0 Å². The number of nitrogens with two attached hydrogens (primary N) is 1. The van der Waals surface area contributed by atoms with Crippen molar-refractivity contribution < 1.29 is 0 Å². The molecule has 0 saturated heterocycles. The third-order valence-electron chi connectivity index (χ3n) is 1.88. The smallest absolute Gasteiger partial charge is 0.197 e. The van der Waals surface area contributed by atoms with Gasteiger partial charge in [0.05, 0.1) is 11.9 Å². The predicted octanol–water partition coefficient (Wildman–Crippen LogP) is 1.31. The summed E-state index contributed by atoms with van der Waals surface area (Å²) in [7, 11) is 0. The van der Waals surface area contributed by atoms with Crippen molar-refractivity contribution in [2.24, 2.45) is 5.84 Å².